The number of hydrogen-bond acceptors (Lipinski definition) is 2. The van der Waals surface area contributed by atoms with Crippen LogP contribution in [0.1, 0.15) is 17.9 Å². The lowest BCUT2D eigenvalue weighted by molar-refractivity contribution is 0.542. The molecule has 3 atom stereocenters. The molecule has 0 amide bonds. The second kappa shape index (κ2) is 6.87. The third-order valence-corrected chi connectivity index (χ3v) is 5.84. The molecule has 1 aliphatic rings. The fourth-order valence-corrected chi connectivity index (χ4v) is 4.36. The van der Waals surface area contributed by atoms with Gasteiger partial charge in [0.2, 0.25) is 0 Å². The second-order valence-corrected chi connectivity index (χ2v) is 7.02. The van der Waals surface area contributed by atoms with Gasteiger partial charge in [0.25, 0.3) is 0 Å². The maximum atomic E-state index is 6.23. The largest absolute Gasteiger partial charge is 0.316 e. The molecule has 21 heavy (non-hydrogen) atoms. The van der Waals surface area contributed by atoms with Crippen molar-refractivity contribution in [2.45, 2.75) is 23.3 Å². The predicted molar refractivity (Wildman–Crippen MR) is 92.3 cm³/mol. The summed E-state index contributed by atoms with van der Waals surface area (Å²) < 4.78 is 0. The van der Waals surface area contributed by atoms with E-state index >= 15 is 0 Å². The predicted octanol–water partition coefficient (Wildman–Crippen LogP) is 4.82. The monoisotopic (exact) mass is 317 g/mol. The Morgan fingerprint density at radius 2 is 1.86 bits per heavy atom. The molecule has 2 aromatic carbocycles. The summed E-state index contributed by atoms with van der Waals surface area (Å²) in [6.45, 7) is 0. The molecule has 2 aromatic rings. The Bertz CT molecular complexity index is 587. The lowest BCUT2D eigenvalue weighted by Gasteiger charge is -2.16. The summed E-state index contributed by atoms with van der Waals surface area (Å²) >= 11 is 8.08. The van der Waals surface area contributed by atoms with Crippen molar-refractivity contribution in [3.8, 4) is 0 Å². The molecule has 1 fully saturated rings. The summed E-state index contributed by atoms with van der Waals surface area (Å²) in [6.07, 6.45) is 1.29. The Hall–Kier alpha value is -0.960. The molecule has 1 N–H and O–H groups in total. The average molecular weight is 318 g/mol. The van der Waals surface area contributed by atoms with Crippen LogP contribution in [-0.4, -0.2) is 18.8 Å². The Balaban J connectivity index is 1.59. The van der Waals surface area contributed by atoms with E-state index in [0.717, 1.165) is 22.6 Å². The van der Waals surface area contributed by atoms with Crippen LogP contribution in [0.5, 0.6) is 0 Å². The van der Waals surface area contributed by atoms with Crippen molar-refractivity contribution >= 4 is 23.4 Å². The summed E-state index contributed by atoms with van der Waals surface area (Å²) in [5.41, 5.74) is 1.48. The zero-order valence-electron chi connectivity index (χ0n) is 12.1. The highest BCUT2D eigenvalue weighted by molar-refractivity contribution is 7.99. The molecular weight excluding hydrogens is 298 g/mol. The minimum Gasteiger partial charge on any atom is -0.316 e. The van der Waals surface area contributed by atoms with Crippen molar-refractivity contribution in [2.24, 2.45) is 5.92 Å². The van der Waals surface area contributed by atoms with E-state index in [0.29, 0.717) is 6.04 Å². The first kappa shape index (κ1) is 15.0. The molecule has 110 valence electrons. The highest BCUT2D eigenvalue weighted by atomic mass is 35.5. The first-order valence-electron chi connectivity index (χ1n) is 7.39. The van der Waals surface area contributed by atoms with E-state index in [2.05, 4.69) is 48.8 Å². The van der Waals surface area contributed by atoms with Crippen LogP contribution >= 0.6 is 23.4 Å². The van der Waals surface area contributed by atoms with Gasteiger partial charge in [-0.2, -0.15) is 0 Å². The maximum Gasteiger partial charge on any atom is 0.0541 e. The van der Waals surface area contributed by atoms with Gasteiger partial charge >= 0.3 is 0 Å². The Morgan fingerprint density at radius 3 is 2.57 bits per heavy atom. The van der Waals surface area contributed by atoms with Crippen LogP contribution in [0, 0.1) is 5.92 Å². The lowest BCUT2D eigenvalue weighted by Crippen LogP contribution is -2.30. The highest BCUT2D eigenvalue weighted by Gasteiger charge is 2.43. The van der Waals surface area contributed by atoms with E-state index in [1.807, 2.05) is 30.0 Å². The first-order chi connectivity index (χ1) is 10.3. The van der Waals surface area contributed by atoms with E-state index in [9.17, 15) is 0 Å². The topological polar surface area (TPSA) is 12.0 Å². The summed E-state index contributed by atoms with van der Waals surface area (Å²) in [6, 6.07) is 19.5. The number of halogens is 1. The van der Waals surface area contributed by atoms with Gasteiger partial charge in [0.15, 0.2) is 0 Å². The Labute approximate surface area is 136 Å². The summed E-state index contributed by atoms with van der Waals surface area (Å²) in [4.78, 5) is 1.18. The SMILES string of the molecule is CNC(CSc1ccccc1Cl)C1CC1c1ccccc1. The molecule has 0 aliphatic heterocycles. The van der Waals surface area contributed by atoms with E-state index in [1.54, 1.807) is 0 Å². The van der Waals surface area contributed by atoms with Crippen LogP contribution in [0.25, 0.3) is 0 Å². The third kappa shape index (κ3) is 3.63. The molecule has 1 nitrogen and oxygen atoms in total. The number of nitrogens with one attached hydrogen (secondary N) is 1. The van der Waals surface area contributed by atoms with Gasteiger partial charge in [-0.25, -0.2) is 0 Å². The van der Waals surface area contributed by atoms with Crippen molar-refractivity contribution in [2.75, 3.05) is 12.8 Å². The smallest absolute Gasteiger partial charge is 0.0541 e. The minimum absolute atomic E-state index is 0.538. The van der Waals surface area contributed by atoms with Crippen LogP contribution in [0.2, 0.25) is 5.02 Å². The first-order valence-corrected chi connectivity index (χ1v) is 8.75. The highest BCUT2D eigenvalue weighted by Crippen LogP contribution is 2.50. The van der Waals surface area contributed by atoms with Crippen LogP contribution in [0.3, 0.4) is 0 Å². The van der Waals surface area contributed by atoms with Crippen molar-refractivity contribution < 1.29 is 0 Å². The molecular formula is C18H20ClNS. The van der Waals surface area contributed by atoms with Crippen molar-refractivity contribution in [3.63, 3.8) is 0 Å². The minimum atomic E-state index is 0.538. The van der Waals surface area contributed by atoms with Gasteiger partial charge in [0.1, 0.15) is 0 Å². The van der Waals surface area contributed by atoms with Crippen LogP contribution < -0.4 is 5.32 Å². The molecule has 0 spiro atoms. The second-order valence-electron chi connectivity index (χ2n) is 5.55. The van der Waals surface area contributed by atoms with Gasteiger partial charge < -0.3 is 5.32 Å². The number of rotatable bonds is 6. The van der Waals surface area contributed by atoms with E-state index in [4.69, 9.17) is 11.6 Å². The molecule has 3 unspecified atom stereocenters. The maximum absolute atomic E-state index is 6.23. The van der Waals surface area contributed by atoms with Gasteiger partial charge in [-0.15, -0.1) is 11.8 Å². The molecule has 0 heterocycles. The average Bonchev–Trinajstić information content (AvgIpc) is 3.31. The standard InChI is InChI=1S/C18H20ClNS/c1-20-17(12-21-18-10-6-5-9-16(18)19)15-11-14(15)13-7-3-2-4-8-13/h2-10,14-15,17,20H,11-12H2,1H3. The van der Waals surface area contributed by atoms with E-state index in [1.165, 1.54) is 16.9 Å². The van der Waals surface area contributed by atoms with Gasteiger partial charge in [0, 0.05) is 16.7 Å². The van der Waals surface area contributed by atoms with Crippen LogP contribution in [0.15, 0.2) is 59.5 Å². The normalized spacial score (nSPS) is 22.0. The number of hydrogen-bond donors (Lipinski definition) is 1. The summed E-state index contributed by atoms with van der Waals surface area (Å²) in [5.74, 6) is 2.52. The molecule has 0 radical (unpaired) electrons. The van der Waals surface area contributed by atoms with Crippen molar-refractivity contribution in [1.82, 2.24) is 5.32 Å². The molecule has 1 aliphatic carbocycles. The zero-order valence-corrected chi connectivity index (χ0v) is 13.7. The van der Waals surface area contributed by atoms with Gasteiger partial charge in [-0.3, -0.25) is 0 Å². The quantitative estimate of drug-likeness (QED) is 0.766. The van der Waals surface area contributed by atoms with Gasteiger partial charge in [0.05, 0.1) is 5.02 Å². The van der Waals surface area contributed by atoms with E-state index in [-0.39, 0.29) is 0 Å². The van der Waals surface area contributed by atoms with Gasteiger partial charge in [-0.05, 0) is 43.0 Å². The Kier molecular flexibility index (Phi) is 4.89. The molecule has 1 saturated carbocycles. The number of benzene rings is 2. The lowest BCUT2D eigenvalue weighted by atomic mass is 10.1. The van der Waals surface area contributed by atoms with Crippen LogP contribution in [0.4, 0.5) is 0 Å². The van der Waals surface area contributed by atoms with Crippen molar-refractivity contribution in [3.05, 3.63) is 65.2 Å². The molecule has 0 bridgehead atoms. The van der Waals surface area contributed by atoms with Gasteiger partial charge in [-0.1, -0.05) is 54.1 Å². The van der Waals surface area contributed by atoms with Crippen molar-refractivity contribution in [1.29, 1.82) is 0 Å². The van der Waals surface area contributed by atoms with Crippen LogP contribution in [-0.2, 0) is 0 Å². The fraction of sp³-hybridized carbons (Fsp3) is 0.333. The summed E-state index contributed by atoms with van der Waals surface area (Å²) in [7, 11) is 2.07. The summed E-state index contributed by atoms with van der Waals surface area (Å²) in [5, 5.41) is 4.34. The Morgan fingerprint density at radius 1 is 1.14 bits per heavy atom. The molecule has 0 aromatic heterocycles. The molecule has 3 heteroatoms. The zero-order chi connectivity index (χ0) is 14.7. The number of thioether (sulfide) groups is 1. The molecule has 3 rings (SSSR count). The molecule has 0 saturated heterocycles. The fourth-order valence-electron chi connectivity index (χ4n) is 2.91. The van der Waals surface area contributed by atoms with E-state index < -0.39 is 0 Å². The third-order valence-electron chi connectivity index (χ3n) is 4.21.